The molecule has 0 spiro atoms. The van der Waals surface area contributed by atoms with E-state index in [1.807, 2.05) is 30.3 Å². The highest BCUT2D eigenvalue weighted by molar-refractivity contribution is 6.32. The largest absolute Gasteiger partial charge is 0.495 e. The van der Waals surface area contributed by atoms with Gasteiger partial charge in [0.1, 0.15) is 5.75 Å². The molecule has 18 heavy (non-hydrogen) atoms. The topological polar surface area (TPSA) is 48.1 Å². The fourth-order valence-electron chi connectivity index (χ4n) is 1.77. The van der Waals surface area contributed by atoms with Crippen molar-refractivity contribution in [1.82, 2.24) is 4.98 Å². The molecule has 0 aliphatic carbocycles. The number of benzene rings is 1. The summed E-state index contributed by atoms with van der Waals surface area (Å²) in [5, 5.41) is 0.589. The van der Waals surface area contributed by atoms with Crippen LogP contribution >= 0.6 is 11.6 Å². The Morgan fingerprint density at radius 2 is 2.17 bits per heavy atom. The van der Waals surface area contributed by atoms with Gasteiger partial charge in [-0.1, -0.05) is 23.7 Å². The fraction of sp³-hybridized carbons (Fsp3) is 0.214. The first-order chi connectivity index (χ1) is 8.70. The summed E-state index contributed by atoms with van der Waals surface area (Å²) in [6.45, 7) is 0. The van der Waals surface area contributed by atoms with Crippen LogP contribution in [-0.2, 0) is 6.42 Å². The molecule has 0 saturated heterocycles. The second kappa shape index (κ2) is 5.85. The minimum atomic E-state index is -0.119. The Kier molecular flexibility index (Phi) is 4.18. The number of hydrogen-bond donors (Lipinski definition) is 1. The van der Waals surface area contributed by atoms with E-state index in [-0.39, 0.29) is 6.04 Å². The molecule has 0 aliphatic rings. The van der Waals surface area contributed by atoms with Gasteiger partial charge in [-0.25, -0.2) is 0 Å². The van der Waals surface area contributed by atoms with Crippen LogP contribution in [0.5, 0.6) is 5.75 Å². The van der Waals surface area contributed by atoms with Crippen molar-refractivity contribution in [3.05, 3.63) is 58.9 Å². The molecular weight excluding hydrogens is 248 g/mol. The maximum Gasteiger partial charge on any atom is 0.137 e. The molecule has 0 amide bonds. The summed E-state index contributed by atoms with van der Waals surface area (Å²) in [7, 11) is 1.59. The third-order valence-electron chi connectivity index (χ3n) is 2.76. The smallest absolute Gasteiger partial charge is 0.137 e. The summed E-state index contributed by atoms with van der Waals surface area (Å²) >= 11 is 5.98. The van der Waals surface area contributed by atoms with Gasteiger partial charge >= 0.3 is 0 Å². The molecule has 0 bridgehead atoms. The Morgan fingerprint density at radius 1 is 1.33 bits per heavy atom. The van der Waals surface area contributed by atoms with E-state index in [1.165, 1.54) is 0 Å². The number of methoxy groups -OCH3 is 1. The Hall–Kier alpha value is -1.58. The Labute approximate surface area is 112 Å². The summed E-state index contributed by atoms with van der Waals surface area (Å²) in [6.07, 6.45) is 2.45. The maximum absolute atomic E-state index is 6.16. The number of halogens is 1. The van der Waals surface area contributed by atoms with Gasteiger partial charge in [-0.3, -0.25) is 4.98 Å². The molecule has 1 heterocycles. The van der Waals surface area contributed by atoms with Gasteiger partial charge in [0.05, 0.1) is 12.1 Å². The molecular formula is C14H15ClN2O. The van der Waals surface area contributed by atoms with Gasteiger partial charge in [-0.2, -0.15) is 0 Å². The van der Waals surface area contributed by atoms with E-state index in [9.17, 15) is 0 Å². The first-order valence-corrected chi connectivity index (χ1v) is 6.07. The van der Waals surface area contributed by atoms with Crippen molar-refractivity contribution in [3.63, 3.8) is 0 Å². The van der Waals surface area contributed by atoms with Crippen molar-refractivity contribution < 1.29 is 4.74 Å². The molecule has 1 aromatic carbocycles. The van der Waals surface area contributed by atoms with E-state index in [2.05, 4.69) is 4.98 Å². The zero-order valence-corrected chi connectivity index (χ0v) is 10.9. The first-order valence-electron chi connectivity index (χ1n) is 5.69. The van der Waals surface area contributed by atoms with Crippen LogP contribution in [0.15, 0.2) is 42.6 Å². The normalized spacial score (nSPS) is 12.2. The summed E-state index contributed by atoms with van der Waals surface area (Å²) in [6, 6.07) is 11.3. The summed E-state index contributed by atoms with van der Waals surface area (Å²) < 4.78 is 5.18. The Bertz CT molecular complexity index is 516. The maximum atomic E-state index is 6.16. The quantitative estimate of drug-likeness (QED) is 0.922. The van der Waals surface area contributed by atoms with E-state index in [1.54, 1.807) is 19.4 Å². The lowest BCUT2D eigenvalue weighted by atomic mass is 10.0. The van der Waals surface area contributed by atoms with E-state index in [0.717, 1.165) is 11.3 Å². The highest BCUT2D eigenvalue weighted by Crippen LogP contribution is 2.27. The van der Waals surface area contributed by atoms with Crippen molar-refractivity contribution in [1.29, 1.82) is 0 Å². The van der Waals surface area contributed by atoms with Crippen LogP contribution in [-0.4, -0.2) is 12.1 Å². The molecule has 0 saturated carbocycles. The number of nitrogens with zero attached hydrogens (tertiary/aromatic N) is 1. The van der Waals surface area contributed by atoms with E-state index in [0.29, 0.717) is 17.2 Å². The lowest BCUT2D eigenvalue weighted by molar-refractivity contribution is 0.414. The SMILES string of the molecule is COc1cc(C(N)Cc2ccccn2)ccc1Cl. The summed E-state index contributed by atoms with van der Waals surface area (Å²) in [5.74, 6) is 0.644. The molecule has 0 radical (unpaired) electrons. The predicted octanol–water partition coefficient (Wildman–Crippen LogP) is 2.99. The Morgan fingerprint density at radius 3 is 2.83 bits per heavy atom. The highest BCUT2D eigenvalue weighted by atomic mass is 35.5. The zero-order valence-electron chi connectivity index (χ0n) is 10.1. The second-order valence-corrected chi connectivity index (χ2v) is 4.43. The number of pyridine rings is 1. The second-order valence-electron chi connectivity index (χ2n) is 4.03. The van der Waals surface area contributed by atoms with Gasteiger partial charge in [0.2, 0.25) is 0 Å². The van der Waals surface area contributed by atoms with Gasteiger partial charge in [0.15, 0.2) is 0 Å². The molecule has 2 rings (SSSR count). The van der Waals surface area contributed by atoms with Gasteiger partial charge in [-0.05, 0) is 29.8 Å². The predicted molar refractivity (Wildman–Crippen MR) is 72.9 cm³/mol. The van der Waals surface area contributed by atoms with Crippen molar-refractivity contribution >= 4 is 11.6 Å². The highest BCUT2D eigenvalue weighted by Gasteiger charge is 2.10. The third kappa shape index (κ3) is 3.00. The minimum absolute atomic E-state index is 0.119. The fourth-order valence-corrected chi connectivity index (χ4v) is 1.96. The van der Waals surface area contributed by atoms with Crippen LogP contribution in [0, 0.1) is 0 Å². The molecule has 0 fully saturated rings. The van der Waals surface area contributed by atoms with Crippen LogP contribution in [0.25, 0.3) is 0 Å². The molecule has 3 nitrogen and oxygen atoms in total. The average molecular weight is 263 g/mol. The van der Waals surface area contributed by atoms with Crippen molar-refractivity contribution in [3.8, 4) is 5.75 Å². The molecule has 1 aromatic heterocycles. The first kappa shape index (κ1) is 12.9. The number of ether oxygens (including phenoxy) is 1. The number of rotatable bonds is 4. The Balaban J connectivity index is 2.16. The third-order valence-corrected chi connectivity index (χ3v) is 3.07. The molecule has 1 atom stereocenters. The lowest BCUT2D eigenvalue weighted by Crippen LogP contribution is -2.14. The van der Waals surface area contributed by atoms with Gasteiger partial charge in [0, 0.05) is 24.4 Å². The zero-order chi connectivity index (χ0) is 13.0. The summed E-state index contributed by atoms with van der Waals surface area (Å²) in [5.41, 5.74) is 8.12. The monoisotopic (exact) mass is 262 g/mol. The van der Waals surface area contributed by atoms with Crippen LogP contribution in [0.1, 0.15) is 17.3 Å². The summed E-state index contributed by atoms with van der Waals surface area (Å²) in [4.78, 5) is 4.27. The van der Waals surface area contributed by atoms with Gasteiger partial charge < -0.3 is 10.5 Å². The van der Waals surface area contributed by atoms with Crippen LogP contribution in [0.3, 0.4) is 0 Å². The van der Waals surface area contributed by atoms with Crippen LogP contribution in [0.4, 0.5) is 0 Å². The standard InChI is InChI=1S/C14H15ClN2O/c1-18-14-8-10(5-6-12(14)15)13(16)9-11-4-2-3-7-17-11/h2-8,13H,9,16H2,1H3. The van der Waals surface area contributed by atoms with E-state index < -0.39 is 0 Å². The van der Waals surface area contributed by atoms with Crippen LogP contribution in [0.2, 0.25) is 5.02 Å². The number of aromatic nitrogens is 1. The lowest BCUT2D eigenvalue weighted by Gasteiger charge is -2.13. The minimum Gasteiger partial charge on any atom is -0.495 e. The number of hydrogen-bond acceptors (Lipinski definition) is 3. The number of nitrogens with two attached hydrogens (primary N) is 1. The van der Waals surface area contributed by atoms with E-state index in [4.69, 9.17) is 22.1 Å². The molecule has 1 unspecified atom stereocenters. The van der Waals surface area contributed by atoms with Crippen LogP contribution < -0.4 is 10.5 Å². The average Bonchev–Trinajstić information content (AvgIpc) is 2.40. The molecule has 2 aromatic rings. The van der Waals surface area contributed by atoms with Gasteiger partial charge in [-0.15, -0.1) is 0 Å². The van der Waals surface area contributed by atoms with Crippen molar-refractivity contribution in [2.45, 2.75) is 12.5 Å². The molecule has 4 heteroatoms. The van der Waals surface area contributed by atoms with Crippen molar-refractivity contribution in [2.75, 3.05) is 7.11 Å². The molecule has 94 valence electrons. The van der Waals surface area contributed by atoms with E-state index >= 15 is 0 Å². The molecule has 2 N–H and O–H groups in total. The van der Waals surface area contributed by atoms with Gasteiger partial charge in [0.25, 0.3) is 0 Å². The van der Waals surface area contributed by atoms with Crippen molar-refractivity contribution in [2.24, 2.45) is 5.73 Å². The molecule has 0 aliphatic heterocycles.